The third kappa shape index (κ3) is 11.2. The molecule has 78 heavy (non-hydrogen) atoms. The molecule has 6 fully saturated rings. The summed E-state index contributed by atoms with van der Waals surface area (Å²) in [5.74, 6) is 0.761. The standard InChI is InChI=1S/2C27H29ClF2N6O3/c2*1-26(2,3)39-25(37)36-12-15-10-16(36)11-35(15)20-7-5-18-23(34-20)24(32-14-31-18)33-17-4-6-19(21(28)22(17)29)38-13-27(30)8-9-27/h2*4-7,14-16H,8-13H2,1-3H3,(H,31,32,33)/t2*15-,16-/m00/s1. The molecule has 2 aliphatic carbocycles. The summed E-state index contributed by atoms with van der Waals surface area (Å²) in [5.41, 5.74) is -1.54. The molecule has 12 rings (SSSR count). The number of hydrogen-bond donors (Lipinski definition) is 2. The molecule has 4 aliphatic heterocycles. The minimum Gasteiger partial charge on any atom is -0.489 e. The Kier molecular flexibility index (Phi) is 13.7. The molecule has 2 amide bonds. The first-order chi connectivity index (χ1) is 37.0. The Labute approximate surface area is 457 Å². The van der Waals surface area contributed by atoms with E-state index in [0.29, 0.717) is 85.6 Å². The zero-order chi connectivity index (χ0) is 55.1. The van der Waals surface area contributed by atoms with Crippen LogP contribution in [0.1, 0.15) is 80.1 Å². The maximum absolute atomic E-state index is 15.1. The molecular weight excluding hydrogens is 1060 g/mol. The lowest BCUT2D eigenvalue weighted by molar-refractivity contribution is 0.0204. The van der Waals surface area contributed by atoms with Crippen molar-refractivity contribution in [3.05, 3.63) is 82.9 Å². The summed E-state index contributed by atoms with van der Waals surface area (Å²) in [5, 5.41) is 5.47. The average Bonchev–Trinajstić information content (AvgIpc) is 4.01. The highest BCUT2D eigenvalue weighted by atomic mass is 35.5. The third-order valence-electron chi connectivity index (χ3n) is 14.4. The van der Waals surface area contributed by atoms with Crippen molar-refractivity contribution >= 4 is 92.1 Å². The fraction of sp³-hybridized carbons (Fsp3) is 0.481. The van der Waals surface area contributed by atoms with Crippen molar-refractivity contribution < 1.29 is 46.1 Å². The van der Waals surface area contributed by atoms with E-state index in [1.807, 2.05) is 65.8 Å². The van der Waals surface area contributed by atoms with Crippen LogP contribution >= 0.6 is 23.2 Å². The molecule has 0 unspecified atom stereocenters. The molecule has 0 radical (unpaired) electrons. The van der Waals surface area contributed by atoms with Gasteiger partial charge >= 0.3 is 12.2 Å². The average molecular weight is 1120 g/mol. The van der Waals surface area contributed by atoms with Gasteiger partial charge in [-0.15, -0.1) is 0 Å². The number of nitrogens with zero attached hydrogens (tertiary/aromatic N) is 10. The molecule has 2 N–H and O–H groups in total. The molecule has 4 atom stereocenters. The highest BCUT2D eigenvalue weighted by molar-refractivity contribution is 6.33. The number of aromatic nitrogens is 6. The maximum atomic E-state index is 15.1. The monoisotopic (exact) mass is 1120 g/mol. The Balaban J connectivity index is 0.000000165. The summed E-state index contributed by atoms with van der Waals surface area (Å²) in [4.78, 5) is 60.0. The van der Waals surface area contributed by atoms with Crippen LogP contribution in [0.3, 0.4) is 0 Å². The molecule has 2 aromatic carbocycles. The van der Waals surface area contributed by atoms with Crippen LogP contribution in [0, 0.1) is 11.6 Å². The second-order valence-corrected chi connectivity index (χ2v) is 23.5. The van der Waals surface area contributed by atoms with E-state index >= 15 is 8.78 Å². The van der Waals surface area contributed by atoms with Gasteiger partial charge in [0, 0.05) is 26.2 Å². The number of piperazine rings is 2. The van der Waals surface area contributed by atoms with Crippen molar-refractivity contribution in [1.82, 2.24) is 39.7 Å². The lowest BCUT2D eigenvalue weighted by Crippen LogP contribution is -2.50. The first-order valence-corrected chi connectivity index (χ1v) is 26.6. The maximum Gasteiger partial charge on any atom is 0.410 e. The van der Waals surface area contributed by atoms with Crippen LogP contribution in [0.15, 0.2) is 61.2 Å². The number of pyridine rings is 2. The highest BCUT2D eigenvalue weighted by Crippen LogP contribution is 2.44. The second-order valence-electron chi connectivity index (χ2n) is 22.8. The molecule has 4 bridgehead atoms. The molecule has 6 aliphatic rings. The molecule has 4 saturated heterocycles. The van der Waals surface area contributed by atoms with Crippen molar-refractivity contribution in [3.8, 4) is 11.5 Å². The Morgan fingerprint density at radius 3 is 1.33 bits per heavy atom. The number of nitrogens with one attached hydrogen (secondary N) is 2. The second kappa shape index (κ2) is 20.1. The number of amides is 2. The largest absolute Gasteiger partial charge is 0.489 e. The molecule has 6 aromatic rings. The van der Waals surface area contributed by atoms with Gasteiger partial charge < -0.3 is 49.2 Å². The lowest BCUT2D eigenvalue weighted by Gasteiger charge is -2.35. The molecule has 8 heterocycles. The van der Waals surface area contributed by atoms with Crippen LogP contribution in [0.4, 0.5) is 61.8 Å². The van der Waals surface area contributed by atoms with Gasteiger partial charge in [-0.2, -0.15) is 0 Å². The number of carbonyl (C=O) groups excluding carboxylic acids is 2. The molecule has 18 nitrogen and oxygen atoms in total. The van der Waals surface area contributed by atoms with E-state index < -0.39 is 34.2 Å². The molecule has 2 saturated carbocycles. The van der Waals surface area contributed by atoms with Crippen LogP contribution in [-0.4, -0.2) is 138 Å². The van der Waals surface area contributed by atoms with Crippen LogP contribution in [0.2, 0.25) is 10.0 Å². The summed E-state index contributed by atoms with van der Waals surface area (Å²) in [6.07, 6.45) is 5.55. The van der Waals surface area contributed by atoms with Crippen molar-refractivity contribution in [2.75, 3.05) is 59.8 Å². The topological polar surface area (TPSA) is 185 Å². The summed E-state index contributed by atoms with van der Waals surface area (Å²) in [6, 6.07) is 13.7. The fourth-order valence-corrected chi connectivity index (χ4v) is 10.5. The van der Waals surface area contributed by atoms with E-state index in [2.05, 4.69) is 40.4 Å². The first-order valence-electron chi connectivity index (χ1n) is 25.9. The van der Waals surface area contributed by atoms with Gasteiger partial charge in [-0.3, -0.25) is 0 Å². The number of benzene rings is 2. The molecule has 0 spiro atoms. The summed E-state index contributed by atoms with van der Waals surface area (Å²) in [7, 11) is 0. The Bertz CT molecular complexity index is 3110. The number of fused-ring (bicyclic) bond motifs is 6. The van der Waals surface area contributed by atoms with Gasteiger partial charge in [0.1, 0.15) is 92.6 Å². The van der Waals surface area contributed by atoms with Gasteiger partial charge in [0.05, 0.1) is 46.6 Å². The molecule has 24 heteroatoms. The van der Waals surface area contributed by atoms with Crippen LogP contribution < -0.4 is 29.9 Å². The third-order valence-corrected chi connectivity index (χ3v) is 15.1. The van der Waals surface area contributed by atoms with Gasteiger partial charge in [-0.1, -0.05) is 23.2 Å². The SMILES string of the molecule is CC(C)(C)OC(=O)N1C[C@@H]2C[C@H]1CN2c1ccc2ncnc(Nc3ccc(OCC4(F)CC4)c(Cl)c3F)c2n1.CC(C)(C)OC(=O)N1C[C@@H]2C[C@H]1CN2c1ccc2ncnc(Nc3ccc(OCC4(F)CC4)c(Cl)c3F)c2n1. The summed E-state index contributed by atoms with van der Waals surface area (Å²) in [6.45, 7) is 13.2. The number of hydrogen-bond acceptors (Lipinski definition) is 16. The molecule has 4 aromatic heterocycles. The summed E-state index contributed by atoms with van der Waals surface area (Å²) >= 11 is 12.4. The van der Waals surface area contributed by atoms with Crippen molar-refractivity contribution in [1.29, 1.82) is 0 Å². The first kappa shape index (κ1) is 53.1. The van der Waals surface area contributed by atoms with Gasteiger partial charge in [-0.05, 0) is 129 Å². The van der Waals surface area contributed by atoms with Crippen LogP contribution in [0.5, 0.6) is 11.5 Å². The quantitative estimate of drug-likeness (QED) is 0.110. The van der Waals surface area contributed by atoms with Crippen molar-refractivity contribution in [3.63, 3.8) is 0 Å². The predicted molar refractivity (Wildman–Crippen MR) is 286 cm³/mol. The molecule has 412 valence electrons. The Morgan fingerprint density at radius 1 is 0.590 bits per heavy atom. The fourth-order valence-electron chi connectivity index (χ4n) is 10.1. The smallest absolute Gasteiger partial charge is 0.410 e. The Hall–Kier alpha value is -6.94. The van der Waals surface area contributed by atoms with Crippen LogP contribution in [0.25, 0.3) is 22.1 Å². The van der Waals surface area contributed by atoms with E-state index in [0.717, 1.165) is 24.5 Å². The number of anilines is 6. The number of halogens is 6. The van der Waals surface area contributed by atoms with E-state index in [1.54, 1.807) is 9.80 Å². The highest BCUT2D eigenvalue weighted by Gasteiger charge is 2.49. The van der Waals surface area contributed by atoms with Gasteiger partial charge in [0.25, 0.3) is 0 Å². The number of likely N-dealkylation sites (tertiary alicyclic amines) is 2. The normalized spacial score (nSPS) is 21.4. The van der Waals surface area contributed by atoms with E-state index in [-0.39, 0.29) is 82.5 Å². The van der Waals surface area contributed by atoms with Gasteiger partial charge in [-0.25, -0.2) is 57.1 Å². The number of carbonyl (C=O) groups is 2. The van der Waals surface area contributed by atoms with Gasteiger partial charge in [0.15, 0.2) is 23.3 Å². The number of alkyl halides is 2. The van der Waals surface area contributed by atoms with Crippen LogP contribution in [-0.2, 0) is 9.47 Å². The molecular formula is C54H58Cl2F4N12O6. The van der Waals surface area contributed by atoms with E-state index in [4.69, 9.17) is 52.1 Å². The van der Waals surface area contributed by atoms with Crippen molar-refractivity contribution in [2.45, 2.75) is 127 Å². The minimum atomic E-state index is -1.34. The zero-order valence-electron chi connectivity index (χ0n) is 43.8. The predicted octanol–water partition coefficient (Wildman–Crippen LogP) is 11.3. The van der Waals surface area contributed by atoms with Gasteiger partial charge in [0.2, 0.25) is 0 Å². The summed E-state index contributed by atoms with van der Waals surface area (Å²) < 4.78 is 80.1. The van der Waals surface area contributed by atoms with E-state index in [1.165, 1.54) is 36.9 Å². The number of ether oxygens (including phenoxy) is 4. The van der Waals surface area contributed by atoms with E-state index in [9.17, 15) is 18.4 Å². The minimum absolute atomic E-state index is 0.0381. The zero-order valence-corrected chi connectivity index (χ0v) is 45.3. The Morgan fingerprint density at radius 2 is 0.987 bits per heavy atom. The lowest BCUT2D eigenvalue weighted by atomic mass is 10.2. The van der Waals surface area contributed by atoms with Crippen molar-refractivity contribution in [2.24, 2.45) is 0 Å². The number of rotatable bonds is 12.